The number of hydrogen-bond acceptors (Lipinski definition) is 5. The zero-order chi connectivity index (χ0) is 26.7. The first kappa shape index (κ1) is 29.8. The highest BCUT2D eigenvalue weighted by atomic mass is 35.5. The smallest absolute Gasteiger partial charge is 0.155 e. The van der Waals surface area contributed by atoms with Crippen molar-refractivity contribution < 1.29 is 9.47 Å². The Morgan fingerprint density at radius 1 is 1.17 bits per heavy atom. The fraction of sp³-hybridized carbons (Fsp3) is 0.379. The van der Waals surface area contributed by atoms with Crippen LogP contribution in [0.4, 0.5) is 0 Å². The number of hydrogen-bond donors (Lipinski definition) is 0. The number of rotatable bonds is 12. The Kier molecular flexibility index (Phi) is 11.9. The van der Waals surface area contributed by atoms with Gasteiger partial charge in [-0.15, -0.1) is 23.4 Å². The average molecular weight is 546 g/mol. The summed E-state index contributed by atoms with van der Waals surface area (Å²) in [6.07, 6.45) is 6.96. The first-order valence-corrected chi connectivity index (χ1v) is 14.0. The van der Waals surface area contributed by atoms with E-state index in [1.807, 2.05) is 61.7 Å². The molecule has 0 amide bonds. The van der Waals surface area contributed by atoms with E-state index in [1.165, 1.54) is 5.57 Å². The molecular formula is C29H34Cl2N2O2S. The van der Waals surface area contributed by atoms with E-state index >= 15 is 0 Å². The topological polar surface area (TPSA) is 54.6 Å². The number of allylic oxidation sites excluding steroid dienone is 2. The van der Waals surface area contributed by atoms with E-state index in [1.54, 1.807) is 11.8 Å². The SMILES string of the molecule is C\C=C/C(COc1ccc(C(C)(C)c2cc(Cl)c(OCCCl)c(C#N)c2)cc1)=N\C(SC)=C(/C)CC. The molecule has 0 N–H and O–H groups in total. The van der Waals surface area contributed by atoms with Gasteiger partial charge in [-0.3, -0.25) is 0 Å². The lowest BCUT2D eigenvalue weighted by Crippen LogP contribution is -2.19. The first-order chi connectivity index (χ1) is 17.2. The van der Waals surface area contributed by atoms with Gasteiger partial charge in [-0.2, -0.15) is 5.26 Å². The van der Waals surface area contributed by atoms with Crippen molar-refractivity contribution in [2.24, 2.45) is 4.99 Å². The third-order valence-electron chi connectivity index (χ3n) is 5.86. The molecule has 0 bridgehead atoms. The molecule has 192 valence electrons. The van der Waals surface area contributed by atoms with Crippen molar-refractivity contribution in [1.29, 1.82) is 5.26 Å². The molecule has 36 heavy (non-hydrogen) atoms. The lowest BCUT2D eigenvalue weighted by molar-refractivity contribution is 0.341. The molecule has 0 saturated carbocycles. The van der Waals surface area contributed by atoms with Crippen LogP contribution in [-0.2, 0) is 5.41 Å². The van der Waals surface area contributed by atoms with E-state index in [0.29, 0.717) is 28.8 Å². The van der Waals surface area contributed by atoms with Crippen LogP contribution in [-0.4, -0.2) is 31.1 Å². The van der Waals surface area contributed by atoms with Gasteiger partial charge in [-0.05, 0) is 73.6 Å². The van der Waals surface area contributed by atoms with Crippen LogP contribution in [0.5, 0.6) is 11.5 Å². The summed E-state index contributed by atoms with van der Waals surface area (Å²) < 4.78 is 11.6. The van der Waals surface area contributed by atoms with Gasteiger partial charge in [-0.1, -0.05) is 50.6 Å². The van der Waals surface area contributed by atoms with E-state index < -0.39 is 5.41 Å². The third kappa shape index (κ3) is 7.80. The van der Waals surface area contributed by atoms with Gasteiger partial charge in [0.15, 0.2) is 5.75 Å². The molecule has 0 aliphatic carbocycles. The summed E-state index contributed by atoms with van der Waals surface area (Å²) in [4.78, 5) is 4.81. The lowest BCUT2D eigenvalue weighted by atomic mass is 9.77. The monoisotopic (exact) mass is 544 g/mol. The van der Waals surface area contributed by atoms with E-state index in [0.717, 1.165) is 34.0 Å². The maximum absolute atomic E-state index is 9.64. The van der Waals surface area contributed by atoms with Crippen molar-refractivity contribution in [3.05, 3.63) is 80.9 Å². The van der Waals surface area contributed by atoms with Crippen LogP contribution in [0.2, 0.25) is 5.02 Å². The second-order valence-corrected chi connectivity index (χ2v) is 10.2. The zero-order valence-electron chi connectivity index (χ0n) is 21.8. The summed E-state index contributed by atoms with van der Waals surface area (Å²) in [5.41, 5.74) is 4.11. The molecule has 7 heteroatoms. The standard InChI is InChI=1S/C29H34Cl2N2O2S/c1-7-9-24(33-28(36-6)20(3)8-2)19-35-25-12-10-22(11-13-25)29(4,5)23-16-21(18-32)27(26(31)17-23)34-15-14-30/h7,9-13,16-17H,8,14-15,19H2,1-6H3/b9-7-,28-20-,33-24+. The predicted molar refractivity (Wildman–Crippen MR) is 155 cm³/mol. The van der Waals surface area contributed by atoms with Crippen LogP contribution in [0.25, 0.3) is 0 Å². The molecule has 0 spiro atoms. The van der Waals surface area contributed by atoms with Gasteiger partial charge in [0.1, 0.15) is 25.0 Å². The number of nitriles is 1. The summed E-state index contributed by atoms with van der Waals surface area (Å²) in [6.45, 7) is 11.1. The third-order valence-corrected chi connectivity index (χ3v) is 7.13. The van der Waals surface area contributed by atoms with Gasteiger partial charge in [0.2, 0.25) is 0 Å². The van der Waals surface area contributed by atoms with Crippen molar-refractivity contribution in [3.8, 4) is 17.6 Å². The Balaban J connectivity index is 2.26. The van der Waals surface area contributed by atoms with Crippen LogP contribution in [0, 0.1) is 11.3 Å². The fourth-order valence-corrected chi connectivity index (χ4v) is 4.58. The van der Waals surface area contributed by atoms with Crippen molar-refractivity contribution in [3.63, 3.8) is 0 Å². The second kappa shape index (κ2) is 14.4. The van der Waals surface area contributed by atoms with Crippen molar-refractivity contribution in [1.82, 2.24) is 0 Å². The molecule has 0 heterocycles. The maximum Gasteiger partial charge on any atom is 0.155 e. The number of benzene rings is 2. The zero-order valence-corrected chi connectivity index (χ0v) is 24.2. The van der Waals surface area contributed by atoms with Crippen molar-refractivity contribution >= 4 is 40.7 Å². The number of thioether (sulfide) groups is 1. The maximum atomic E-state index is 9.64. The molecule has 0 radical (unpaired) electrons. The molecule has 0 aliphatic heterocycles. The van der Waals surface area contributed by atoms with Crippen LogP contribution in [0.3, 0.4) is 0 Å². The molecule has 2 aromatic carbocycles. The largest absolute Gasteiger partial charge is 0.489 e. The van der Waals surface area contributed by atoms with E-state index in [2.05, 4.69) is 33.8 Å². The lowest BCUT2D eigenvalue weighted by Gasteiger charge is -2.27. The van der Waals surface area contributed by atoms with E-state index in [-0.39, 0.29) is 6.61 Å². The molecule has 0 fully saturated rings. The number of aliphatic imine (C=N–C) groups is 1. The van der Waals surface area contributed by atoms with Gasteiger partial charge in [0, 0.05) is 5.41 Å². The van der Waals surface area contributed by atoms with Gasteiger partial charge >= 0.3 is 0 Å². The summed E-state index contributed by atoms with van der Waals surface area (Å²) in [6, 6.07) is 13.9. The van der Waals surface area contributed by atoms with Gasteiger partial charge in [0.25, 0.3) is 0 Å². The molecule has 2 aromatic rings. The predicted octanol–water partition coefficient (Wildman–Crippen LogP) is 8.56. The molecule has 0 unspecified atom stereocenters. The number of halogens is 2. The van der Waals surface area contributed by atoms with Crippen LogP contribution in [0.1, 0.15) is 57.7 Å². The molecule has 4 nitrogen and oxygen atoms in total. The van der Waals surface area contributed by atoms with E-state index in [4.69, 9.17) is 37.7 Å². The summed E-state index contributed by atoms with van der Waals surface area (Å²) in [5, 5.41) is 11.1. The Labute approximate surface area is 230 Å². The number of alkyl halides is 1. The van der Waals surface area contributed by atoms with Crippen LogP contribution >= 0.6 is 35.0 Å². The second-order valence-electron chi connectivity index (χ2n) is 8.67. The highest BCUT2D eigenvalue weighted by Gasteiger charge is 2.26. The summed E-state index contributed by atoms with van der Waals surface area (Å²) in [5.74, 6) is 1.45. The molecule has 0 saturated heterocycles. The molecule has 0 aromatic heterocycles. The first-order valence-electron chi connectivity index (χ1n) is 11.8. The highest BCUT2D eigenvalue weighted by molar-refractivity contribution is 8.02. The fourth-order valence-electron chi connectivity index (χ4n) is 3.52. The molecule has 2 rings (SSSR count). The van der Waals surface area contributed by atoms with E-state index in [9.17, 15) is 5.26 Å². The minimum atomic E-state index is -0.397. The summed E-state index contributed by atoms with van der Waals surface area (Å²) >= 11 is 13.9. The Bertz CT molecular complexity index is 1160. The minimum absolute atomic E-state index is 0.285. The number of nitrogens with zero attached hydrogens (tertiary/aromatic N) is 2. The van der Waals surface area contributed by atoms with Crippen LogP contribution < -0.4 is 9.47 Å². The normalized spacial score (nSPS) is 12.9. The van der Waals surface area contributed by atoms with Crippen molar-refractivity contribution in [2.75, 3.05) is 25.3 Å². The van der Waals surface area contributed by atoms with Gasteiger partial charge < -0.3 is 9.47 Å². The van der Waals surface area contributed by atoms with Gasteiger partial charge in [0.05, 0.1) is 27.2 Å². The summed E-state index contributed by atoms with van der Waals surface area (Å²) in [7, 11) is 0. The molecule has 0 aliphatic rings. The van der Waals surface area contributed by atoms with Crippen molar-refractivity contribution in [2.45, 2.75) is 46.5 Å². The Morgan fingerprint density at radius 3 is 2.42 bits per heavy atom. The van der Waals surface area contributed by atoms with Crippen LogP contribution in [0.15, 0.2) is 64.1 Å². The molecular weight excluding hydrogens is 511 g/mol. The minimum Gasteiger partial charge on any atom is -0.489 e. The van der Waals surface area contributed by atoms with Gasteiger partial charge in [-0.25, -0.2) is 4.99 Å². The highest BCUT2D eigenvalue weighted by Crippen LogP contribution is 2.38. The Hall–Kier alpha value is -2.39. The Morgan fingerprint density at radius 2 is 1.86 bits per heavy atom. The molecule has 0 atom stereocenters. The quantitative estimate of drug-likeness (QED) is 0.198. The number of ether oxygens (including phenoxy) is 2. The average Bonchev–Trinajstić information content (AvgIpc) is 2.88.